The maximum atomic E-state index is 11.5. The maximum Gasteiger partial charge on any atom is 0.339 e. The largest absolute Gasteiger partial charge is 0.478 e. The summed E-state index contributed by atoms with van der Waals surface area (Å²) in [4.78, 5) is 16.0. The van der Waals surface area contributed by atoms with Crippen LogP contribution in [-0.4, -0.2) is 58.9 Å². The number of piperazine rings is 1. The molecule has 2 rings (SSSR count). The molecule has 1 fully saturated rings. The second-order valence-electron chi connectivity index (χ2n) is 6.10. The number of hydrogen-bond donors (Lipinski definition) is 1. The number of carboxylic acids is 1. The highest BCUT2D eigenvalue weighted by Gasteiger charge is 2.25. The van der Waals surface area contributed by atoms with Crippen LogP contribution in [0, 0.1) is 19.8 Å². The van der Waals surface area contributed by atoms with E-state index in [0.29, 0.717) is 28.6 Å². The van der Waals surface area contributed by atoms with E-state index in [1.165, 1.54) is 0 Å². The van der Waals surface area contributed by atoms with Crippen molar-refractivity contribution < 1.29 is 9.90 Å². The fourth-order valence-corrected chi connectivity index (χ4v) is 2.73. The maximum absolute atomic E-state index is 11.5. The molecule has 6 nitrogen and oxygen atoms in total. The zero-order chi connectivity index (χ0) is 15.6. The van der Waals surface area contributed by atoms with Crippen LogP contribution in [0.4, 0.5) is 5.82 Å². The van der Waals surface area contributed by atoms with E-state index in [1.807, 2.05) is 4.90 Å². The Morgan fingerprint density at radius 2 is 1.81 bits per heavy atom. The van der Waals surface area contributed by atoms with Gasteiger partial charge >= 0.3 is 5.97 Å². The molecule has 2 heterocycles. The highest BCUT2D eigenvalue weighted by molar-refractivity contribution is 5.95. The summed E-state index contributed by atoms with van der Waals surface area (Å²) in [7, 11) is 0. The fraction of sp³-hybridized carbons (Fsp3) is 0.667. The third kappa shape index (κ3) is 3.50. The standard InChI is InChI=1S/C15H24N4O2/c1-10(2)9-18-5-7-19(8-6-18)14-13(15(20)21)11(3)12(4)16-17-14/h10H,5-9H2,1-4H3,(H,20,21). The number of anilines is 1. The van der Waals surface area contributed by atoms with Gasteiger partial charge in [0.2, 0.25) is 0 Å². The molecule has 1 aromatic heterocycles. The number of carboxylic acid groups (broad SMARTS) is 1. The highest BCUT2D eigenvalue weighted by atomic mass is 16.4. The molecule has 0 radical (unpaired) electrons. The van der Waals surface area contributed by atoms with Gasteiger partial charge in [0.25, 0.3) is 0 Å². The Morgan fingerprint density at radius 1 is 1.19 bits per heavy atom. The van der Waals surface area contributed by atoms with E-state index in [1.54, 1.807) is 13.8 Å². The minimum Gasteiger partial charge on any atom is -0.478 e. The van der Waals surface area contributed by atoms with E-state index in [9.17, 15) is 9.90 Å². The molecule has 0 spiro atoms. The Balaban J connectivity index is 2.17. The second kappa shape index (κ2) is 6.39. The number of aromatic nitrogens is 2. The lowest BCUT2D eigenvalue weighted by atomic mass is 10.1. The molecule has 0 aromatic carbocycles. The zero-order valence-corrected chi connectivity index (χ0v) is 13.3. The summed E-state index contributed by atoms with van der Waals surface area (Å²) in [6, 6.07) is 0. The van der Waals surface area contributed by atoms with Gasteiger partial charge in [-0.1, -0.05) is 13.8 Å². The quantitative estimate of drug-likeness (QED) is 0.908. The van der Waals surface area contributed by atoms with Crippen LogP contribution >= 0.6 is 0 Å². The average molecular weight is 292 g/mol. The van der Waals surface area contributed by atoms with Gasteiger partial charge in [-0.05, 0) is 25.3 Å². The van der Waals surface area contributed by atoms with Crippen molar-refractivity contribution in [2.75, 3.05) is 37.6 Å². The molecule has 1 aliphatic rings. The van der Waals surface area contributed by atoms with Gasteiger partial charge in [0.1, 0.15) is 5.56 Å². The molecule has 0 aliphatic carbocycles. The van der Waals surface area contributed by atoms with E-state index >= 15 is 0 Å². The first-order valence-corrected chi connectivity index (χ1v) is 7.44. The minimum atomic E-state index is -0.926. The van der Waals surface area contributed by atoms with Crippen LogP contribution < -0.4 is 4.90 Å². The molecule has 0 saturated carbocycles. The van der Waals surface area contributed by atoms with Crippen LogP contribution in [0.5, 0.6) is 0 Å². The summed E-state index contributed by atoms with van der Waals surface area (Å²) in [6.07, 6.45) is 0. The lowest BCUT2D eigenvalue weighted by Crippen LogP contribution is -2.48. The first kappa shape index (κ1) is 15.7. The third-order valence-corrected chi connectivity index (χ3v) is 3.95. The second-order valence-corrected chi connectivity index (χ2v) is 6.10. The van der Waals surface area contributed by atoms with E-state index < -0.39 is 5.97 Å². The first-order valence-electron chi connectivity index (χ1n) is 7.44. The van der Waals surface area contributed by atoms with Crippen LogP contribution in [0.25, 0.3) is 0 Å². The van der Waals surface area contributed by atoms with Crippen LogP contribution in [0.15, 0.2) is 0 Å². The Morgan fingerprint density at radius 3 is 2.33 bits per heavy atom. The summed E-state index contributed by atoms with van der Waals surface area (Å²) in [6.45, 7) is 12.6. The molecule has 116 valence electrons. The van der Waals surface area contributed by atoms with E-state index in [2.05, 4.69) is 28.9 Å². The van der Waals surface area contributed by atoms with Crippen molar-refractivity contribution in [2.45, 2.75) is 27.7 Å². The summed E-state index contributed by atoms with van der Waals surface area (Å²) >= 11 is 0. The summed E-state index contributed by atoms with van der Waals surface area (Å²) < 4.78 is 0. The smallest absolute Gasteiger partial charge is 0.339 e. The van der Waals surface area contributed by atoms with Crippen LogP contribution in [0.3, 0.4) is 0 Å². The van der Waals surface area contributed by atoms with Gasteiger partial charge in [-0.2, -0.15) is 5.10 Å². The predicted molar refractivity (Wildman–Crippen MR) is 82.0 cm³/mol. The van der Waals surface area contributed by atoms with Crippen LogP contribution in [-0.2, 0) is 0 Å². The number of nitrogens with zero attached hydrogens (tertiary/aromatic N) is 4. The number of carbonyl (C=O) groups is 1. The predicted octanol–water partition coefficient (Wildman–Crippen LogP) is 1.57. The molecule has 0 bridgehead atoms. The Hall–Kier alpha value is -1.69. The molecule has 0 amide bonds. The molecule has 1 N–H and O–H groups in total. The number of aromatic carboxylic acids is 1. The third-order valence-electron chi connectivity index (χ3n) is 3.95. The molecular formula is C15H24N4O2. The minimum absolute atomic E-state index is 0.291. The molecule has 1 aromatic rings. The van der Waals surface area contributed by atoms with Crippen molar-refractivity contribution in [1.82, 2.24) is 15.1 Å². The van der Waals surface area contributed by atoms with E-state index in [0.717, 1.165) is 32.7 Å². The van der Waals surface area contributed by atoms with Gasteiger partial charge in [0, 0.05) is 32.7 Å². The normalized spacial score (nSPS) is 16.5. The molecule has 1 aliphatic heterocycles. The molecule has 1 saturated heterocycles. The van der Waals surface area contributed by atoms with Gasteiger partial charge in [0.15, 0.2) is 5.82 Å². The zero-order valence-electron chi connectivity index (χ0n) is 13.3. The monoisotopic (exact) mass is 292 g/mol. The van der Waals surface area contributed by atoms with Crippen molar-refractivity contribution in [3.8, 4) is 0 Å². The lowest BCUT2D eigenvalue weighted by molar-refractivity contribution is 0.0695. The van der Waals surface area contributed by atoms with Gasteiger partial charge in [-0.25, -0.2) is 4.79 Å². The first-order chi connectivity index (χ1) is 9.90. The van der Waals surface area contributed by atoms with Crippen LogP contribution in [0.2, 0.25) is 0 Å². The van der Waals surface area contributed by atoms with E-state index in [4.69, 9.17) is 0 Å². The van der Waals surface area contributed by atoms with Crippen molar-refractivity contribution in [1.29, 1.82) is 0 Å². The molecule has 0 atom stereocenters. The topological polar surface area (TPSA) is 69.6 Å². The number of rotatable bonds is 4. The number of hydrogen-bond acceptors (Lipinski definition) is 5. The van der Waals surface area contributed by atoms with Gasteiger partial charge in [0.05, 0.1) is 5.69 Å². The van der Waals surface area contributed by atoms with Crippen molar-refractivity contribution in [3.05, 3.63) is 16.8 Å². The SMILES string of the molecule is Cc1nnc(N2CCN(CC(C)C)CC2)c(C(=O)O)c1C. The molecule has 21 heavy (non-hydrogen) atoms. The molecule has 0 unspecified atom stereocenters. The lowest BCUT2D eigenvalue weighted by Gasteiger charge is -2.36. The van der Waals surface area contributed by atoms with E-state index in [-0.39, 0.29) is 0 Å². The van der Waals surface area contributed by atoms with Crippen LogP contribution in [0.1, 0.15) is 35.5 Å². The van der Waals surface area contributed by atoms with Gasteiger partial charge in [-0.15, -0.1) is 5.10 Å². The Bertz CT molecular complexity index is 523. The summed E-state index contributed by atoms with van der Waals surface area (Å²) in [5, 5.41) is 17.7. The van der Waals surface area contributed by atoms with Crippen molar-refractivity contribution in [2.24, 2.45) is 5.92 Å². The average Bonchev–Trinajstić information content (AvgIpc) is 2.41. The van der Waals surface area contributed by atoms with Gasteiger partial charge < -0.3 is 10.0 Å². The summed E-state index contributed by atoms with van der Waals surface area (Å²) in [5.74, 6) is 0.229. The molecule has 6 heteroatoms. The summed E-state index contributed by atoms with van der Waals surface area (Å²) in [5.41, 5.74) is 1.67. The van der Waals surface area contributed by atoms with Crippen molar-refractivity contribution >= 4 is 11.8 Å². The number of aryl methyl sites for hydroxylation is 1. The van der Waals surface area contributed by atoms with Gasteiger partial charge in [-0.3, -0.25) is 4.90 Å². The molecular weight excluding hydrogens is 268 g/mol. The van der Waals surface area contributed by atoms with Crippen molar-refractivity contribution in [3.63, 3.8) is 0 Å². The highest BCUT2D eigenvalue weighted by Crippen LogP contribution is 2.23. The fourth-order valence-electron chi connectivity index (χ4n) is 2.73. The Labute approximate surface area is 125 Å². The Kier molecular flexibility index (Phi) is 4.77.